The van der Waals surface area contributed by atoms with Gasteiger partial charge in [-0.15, -0.1) is 0 Å². The van der Waals surface area contributed by atoms with Crippen LogP contribution in [0, 0.1) is 13.8 Å². The number of halogens is 1. The molecular formula is C12H12BrNO2. The van der Waals surface area contributed by atoms with E-state index in [0.29, 0.717) is 5.56 Å². The molecular weight excluding hydrogens is 270 g/mol. The smallest absolute Gasteiger partial charge is 0.338 e. The first-order chi connectivity index (χ1) is 7.43. The van der Waals surface area contributed by atoms with Crippen molar-refractivity contribution < 1.29 is 9.90 Å². The van der Waals surface area contributed by atoms with E-state index in [0.717, 1.165) is 26.6 Å². The van der Waals surface area contributed by atoms with Gasteiger partial charge < -0.3 is 9.67 Å². The SMILES string of the molecule is Cc1cc(Br)c2c(c1)c(C(=O)O)c(C)n2C. The number of rotatable bonds is 1. The Hall–Kier alpha value is -1.29. The summed E-state index contributed by atoms with van der Waals surface area (Å²) in [4.78, 5) is 11.2. The number of hydrogen-bond donors (Lipinski definition) is 1. The fourth-order valence-corrected chi connectivity index (χ4v) is 2.91. The minimum atomic E-state index is -0.874. The second kappa shape index (κ2) is 3.63. The molecule has 0 spiro atoms. The van der Waals surface area contributed by atoms with Crippen molar-refractivity contribution in [1.82, 2.24) is 4.57 Å². The summed E-state index contributed by atoms with van der Waals surface area (Å²) in [6.45, 7) is 3.78. The lowest BCUT2D eigenvalue weighted by atomic mass is 10.1. The minimum absolute atomic E-state index is 0.391. The highest BCUT2D eigenvalue weighted by molar-refractivity contribution is 9.10. The van der Waals surface area contributed by atoms with Gasteiger partial charge in [-0.2, -0.15) is 0 Å². The van der Waals surface area contributed by atoms with E-state index in [9.17, 15) is 9.90 Å². The van der Waals surface area contributed by atoms with Gasteiger partial charge in [0.25, 0.3) is 0 Å². The van der Waals surface area contributed by atoms with Crippen LogP contribution in [-0.2, 0) is 7.05 Å². The summed E-state index contributed by atoms with van der Waals surface area (Å²) in [6, 6.07) is 3.91. The third-order valence-corrected chi connectivity index (χ3v) is 3.50. The summed E-state index contributed by atoms with van der Waals surface area (Å²) in [5, 5.41) is 10.0. The normalized spacial score (nSPS) is 11.0. The minimum Gasteiger partial charge on any atom is -0.478 e. The quantitative estimate of drug-likeness (QED) is 0.872. The Morgan fingerprint density at radius 2 is 2.00 bits per heavy atom. The number of aromatic nitrogens is 1. The number of nitrogens with zero attached hydrogens (tertiary/aromatic N) is 1. The Morgan fingerprint density at radius 3 is 2.56 bits per heavy atom. The number of hydrogen-bond acceptors (Lipinski definition) is 1. The summed E-state index contributed by atoms with van der Waals surface area (Å²) >= 11 is 3.48. The van der Waals surface area contributed by atoms with Gasteiger partial charge in [-0.25, -0.2) is 4.79 Å². The van der Waals surface area contributed by atoms with Crippen LogP contribution < -0.4 is 0 Å². The number of benzene rings is 1. The van der Waals surface area contributed by atoms with E-state index in [-0.39, 0.29) is 0 Å². The van der Waals surface area contributed by atoms with Gasteiger partial charge in [0.05, 0.1) is 11.1 Å². The molecule has 4 heteroatoms. The van der Waals surface area contributed by atoms with E-state index in [1.807, 2.05) is 37.6 Å². The number of fused-ring (bicyclic) bond motifs is 1. The Labute approximate surface area is 102 Å². The van der Waals surface area contributed by atoms with Gasteiger partial charge in [0.15, 0.2) is 0 Å². The maximum Gasteiger partial charge on any atom is 0.338 e. The molecule has 0 fully saturated rings. The fraction of sp³-hybridized carbons (Fsp3) is 0.250. The van der Waals surface area contributed by atoms with Gasteiger partial charge in [0.2, 0.25) is 0 Å². The molecule has 3 nitrogen and oxygen atoms in total. The standard InChI is InChI=1S/C12H12BrNO2/c1-6-4-8-10(12(15)16)7(2)14(3)11(8)9(13)5-6/h4-5H,1-3H3,(H,15,16). The van der Waals surface area contributed by atoms with Crippen molar-refractivity contribution in [3.8, 4) is 0 Å². The van der Waals surface area contributed by atoms with Crippen LogP contribution >= 0.6 is 15.9 Å². The van der Waals surface area contributed by atoms with Gasteiger partial charge in [-0.05, 0) is 47.5 Å². The van der Waals surface area contributed by atoms with Crippen LogP contribution in [0.25, 0.3) is 10.9 Å². The van der Waals surface area contributed by atoms with E-state index in [2.05, 4.69) is 15.9 Å². The van der Waals surface area contributed by atoms with E-state index in [4.69, 9.17) is 0 Å². The predicted molar refractivity (Wildman–Crippen MR) is 67.1 cm³/mol. The number of aromatic carboxylic acids is 1. The average Bonchev–Trinajstić information content (AvgIpc) is 2.38. The molecule has 1 aromatic heterocycles. The molecule has 0 unspecified atom stereocenters. The zero-order valence-corrected chi connectivity index (χ0v) is 10.9. The fourth-order valence-electron chi connectivity index (χ4n) is 2.07. The monoisotopic (exact) mass is 281 g/mol. The van der Waals surface area contributed by atoms with Crippen molar-refractivity contribution >= 4 is 32.8 Å². The summed E-state index contributed by atoms with van der Waals surface area (Å²) in [6.07, 6.45) is 0. The molecule has 1 N–H and O–H groups in total. The Kier molecular flexibility index (Phi) is 2.54. The van der Waals surface area contributed by atoms with E-state index < -0.39 is 5.97 Å². The van der Waals surface area contributed by atoms with Crippen molar-refractivity contribution in [2.24, 2.45) is 7.05 Å². The highest BCUT2D eigenvalue weighted by Crippen LogP contribution is 2.31. The molecule has 1 aromatic carbocycles. The molecule has 2 aromatic rings. The van der Waals surface area contributed by atoms with Crippen LogP contribution in [-0.4, -0.2) is 15.6 Å². The van der Waals surface area contributed by atoms with Gasteiger partial charge in [-0.3, -0.25) is 0 Å². The van der Waals surface area contributed by atoms with Gasteiger partial charge >= 0.3 is 5.97 Å². The molecule has 0 bridgehead atoms. The summed E-state index contributed by atoms with van der Waals surface area (Å²) in [5.41, 5.74) is 3.14. The van der Waals surface area contributed by atoms with Gasteiger partial charge in [-0.1, -0.05) is 0 Å². The first-order valence-electron chi connectivity index (χ1n) is 4.92. The Morgan fingerprint density at radius 1 is 1.38 bits per heavy atom. The second-order valence-electron chi connectivity index (χ2n) is 3.97. The summed E-state index contributed by atoms with van der Waals surface area (Å²) < 4.78 is 2.84. The van der Waals surface area contributed by atoms with Crippen molar-refractivity contribution in [3.05, 3.63) is 33.4 Å². The molecule has 0 aliphatic rings. The third-order valence-electron chi connectivity index (χ3n) is 2.89. The first kappa shape index (κ1) is 11.2. The van der Waals surface area contributed by atoms with Crippen molar-refractivity contribution in [2.45, 2.75) is 13.8 Å². The summed E-state index contributed by atoms with van der Waals surface area (Å²) in [5.74, 6) is -0.874. The third kappa shape index (κ3) is 1.45. The predicted octanol–water partition coefficient (Wildman–Crippen LogP) is 3.26. The Balaban J connectivity index is 3.02. The molecule has 0 saturated carbocycles. The van der Waals surface area contributed by atoms with Crippen LogP contribution in [0.5, 0.6) is 0 Å². The zero-order chi connectivity index (χ0) is 12.0. The molecule has 84 valence electrons. The highest BCUT2D eigenvalue weighted by atomic mass is 79.9. The second-order valence-corrected chi connectivity index (χ2v) is 4.82. The topological polar surface area (TPSA) is 42.2 Å². The molecule has 2 rings (SSSR count). The highest BCUT2D eigenvalue weighted by Gasteiger charge is 2.19. The average molecular weight is 282 g/mol. The molecule has 0 saturated heterocycles. The van der Waals surface area contributed by atoms with E-state index in [1.54, 1.807) is 0 Å². The molecule has 0 radical (unpaired) electrons. The van der Waals surface area contributed by atoms with E-state index in [1.165, 1.54) is 0 Å². The zero-order valence-electron chi connectivity index (χ0n) is 9.34. The molecule has 16 heavy (non-hydrogen) atoms. The molecule has 1 heterocycles. The lowest BCUT2D eigenvalue weighted by Gasteiger charge is -2.02. The number of aryl methyl sites for hydroxylation is 2. The lowest BCUT2D eigenvalue weighted by Crippen LogP contribution is -1.99. The molecule has 0 aliphatic carbocycles. The van der Waals surface area contributed by atoms with Gasteiger partial charge in [0.1, 0.15) is 0 Å². The first-order valence-corrected chi connectivity index (χ1v) is 5.71. The maximum atomic E-state index is 11.2. The molecule has 0 aliphatic heterocycles. The van der Waals surface area contributed by atoms with Crippen molar-refractivity contribution in [1.29, 1.82) is 0 Å². The Bertz CT molecular complexity index is 599. The van der Waals surface area contributed by atoms with Crippen molar-refractivity contribution in [3.63, 3.8) is 0 Å². The summed E-state index contributed by atoms with van der Waals surface area (Å²) in [7, 11) is 1.88. The van der Waals surface area contributed by atoms with Crippen LogP contribution in [0.1, 0.15) is 21.6 Å². The molecule has 0 amide bonds. The van der Waals surface area contributed by atoms with Crippen LogP contribution in [0.4, 0.5) is 0 Å². The van der Waals surface area contributed by atoms with Gasteiger partial charge in [0, 0.05) is 22.6 Å². The van der Waals surface area contributed by atoms with Crippen LogP contribution in [0.15, 0.2) is 16.6 Å². The number of carboxylic acids is 1. The van der Waals surface area contributed by atoms with E-state index >= 15 is 0 Å². The lowest BCUT2D eigenvalue weighted by molar-refractivity contribution is 0.0698. The van der Waals surface area contributed by atoms with Crippen LogP contribution in [0.2, 0.25) is 0 Å². The van der Waals surface area contributed by atoms with Crippen molar-refractivity contribution in [2.75, 3.05) is 0 Å². The maximum absolute atomic E-state index is 11.2. The molecule has 0 atom stereocenters. The number of carboxylic acid groups (broad SMARTS) is 1. The van der Waals surface area contributed by atoms with Crippen LogP contribution in [0.3, 0.4) is 0 Å². The number of carbonyl (C=O) groups is 1. The largest absolute Gasteiger partial charge is 0.478 e.